The number of fused-ring (bicyclic) bond motifs is 1. The molecule has 4 aromatic rings. The molecule has 148 valence electrons. The molecule has 2 amide bonds. The van der Waals surface area contributed by atoms with E-state index in [2.05, 4.69) is 25.3 Å². The Kier molecular flexibility index (Phi) is 5.10. The first-order valence-electron chi connectivity index (χ1n) is 9.19. The van der Waals surface area contributed by atoms with Crippen molar-refractivity contribution in [3.63, 3.8) is 0 Å². The Morgan fingerprint density at radius 1 is 1.14 bits per heavy atom. The van der Waals surface area contributed by atoms with Gasteiger partial charge in [-0.2, -0.15) is 5.10 Å². The number of imidazole rings is 1. The maximum absolute atomic E-state index is 12.4. The topological polar surface area (TPSA) is 107 Å². The summed E-state index contributed by atoms with van der Waals surface area (Å²) in [5, 5.41) is 9.68. The average Bonchev–Trinajstić information content (AvgIpc) is 3.46. The van der Waals surface area contributed by atoms with E-state index in [1.54, 1.807) is 25.5 Å². The lowest BCUT2D eigenvalue weighted by atomic mass is 10.3. The number of amides is 2. The Labute approximate surface area is 166 Å². The number of nitrogens with zero attached hydrogens (tertiary/aromatic N) is 4. The Morgan fingerprint density at radius 2 is 2.00 bits per heavy atom. The van der Waals surface area contributed by atoms with Crippen LogP contribution in [0.1, 0.15) is 27.5 Å². The van der Waals surface area contributed by atoms with E-state index in [0.29, 0.717) is 12.4 Å². The normalized spacial score (nSPS) is 10.9. The molecule has 0 unspecified atom stereocenters. The lowest BCUT2D eigenvalue weighted by Crippen LogP contribution is -2.25. The number of para-hydroxylation sites is 2. The highest BCUT2D eigenvalue weighted by molar-refractivity contribution is 6.02. The highest BCUT2D eigenvalue weighted by Crippen LogP contribution is 2.13. The van der Waals surface area contributed by atoms with Crippen molar-refractivity contribution in [2.24, 2.45) is 7.05 Å². The number of rotatable bonds is 7. The third-order valence-electron chi connectivity index (χ3n) is 4.49. The minimum atomic E-state index is -0.405. The fourth-order valence-corrected chi connectivity index (χ4v) is 3.01. The van der Waals surface area contributed by atoms with Gasteiger partial charge in [-0.15, -0.1) is 0 Å². The monoisotopic (exact) mass is 392 g/mol. The average molecular weight is 392 g/mol. The number of carbonyl (C=O) groups is 2. The predicted octanol–water partition coefficient (Wildman–Crippen LogP) is 2.44. The molecule has 0 radical (unpaired) electrons. The first-order valence-corrected chi connectivity index (χ1v) is 9.19. The van der Waals surface area contributed by atoms with Gasteiger partial charge in [0.15, 0.2) is 11.5 Å². The van der Waals surface area contributed by atoms with E-state index in [4.69, 9.17) is 4.42 Å². The lowest BCUT2D eigenvalue weighted by molar-refractivity contribution is 0.0946. The van der Waals surface area contributed by atoms with Gasteiger partial charge in [0, 0.05) is 26.2 Å². The van der Waals surface area contributed by atoms with Crippen LogP contribution < -0.4 is 10.6 Å². The summed E-state index contributed by atoms with van der Waals surface area (Å²) in [6.45, 7) is 1.24. The van der Waals surface area contributed by atoms with Crippen LogP contribution in [0.5, 0.6) is 0 Å². The van der Waals surface area contributed by atoms with Crippen LogP contribution in [0.3, 0.4) is 0 Å². The van der Waals surface area contributed by atoms with E-state index >= 15 is 0 Å². The maximum Gasteiger partial charge on any atom is 0.292 e. The van der Waals surface area contributed by atoms with Crippen LogP contribution in [0.4, 0.5) is 5.82 Å². The summed E-state index contributed by atoms with van der Waals surface area (Å²) in [5.74, 6) is -0.113. The summed E-state index contributed by atoms with van der Waals surface area (Å²) in [7, 11) is 1.65. The molecular formula is C20H20N6O3. The molecule has 3 heterocycles. The summed E-state index contributed by atoms with van der Waals surface area (Å²) in [5.41, 5.74) is 2.25. The number of hydrogen-bond donors (Lipinski definition) is 2. The van der Waals surface area contributed by atoms with Crippen molar-refractivity contribution in [2.75, 3.05) is 11.9 Å². The van der Waals surface area contributed by atoms with Crippen molar-refractivity contribution in [3.05, 3.63) is 66.5 Å². The molecule has 0 aliphatic rings. The molecule has 0 spiro atoms. The van der Waals surface area contributed by atoms with E-state index < -0.39 is 5.91 Å². The summed E-state index contributed by atoms with van der Waals surface area (Å²) >= 11 is 0. The van der Waals surface area contributed by atoms with Gasteiger partial charge in [0.1, 0.15) is 5.82 Å². The SMILES string of the molecule is Cn1nc(C(=O)NCCCn2cnc3ccccc32)cc1NC(=O)c1ccco1. The highest BCUT2D eigenvalue weighted by atomic mass is 16.3. The second-order valence-corrected chi connectivity index (χ2v) is 6.51. The van der Waals surface area contributed by atoms with Crippen LogP contribution in [0.25, 0.3) is 11.0 Å². The van der Waals surface area contributed by atoms with Gasteiger partial charge in [-0.1, -0.05) is 12.1 Å². The number of aromatic nitrogens is 4. The minimum Gasteiger partial charge on any atom is -0.459 e. The van der Waals surface area contributed by atoms with Crippen molar-refractivity contribution in [1.82, 2.24) is 24.6 Å². The fourth-order valence-electron chi connectivity index (χ4n) is 3.01. The zero-order valence-corrected chi connectivity index (χ0v) is 15.8. The molecule has 0 aliphatic carbocycles. The van der Waals surface area contributed by atoms with Gasteiger partial charge in [0.25, 0.3) is 11.8 Å². The molecule has 9 nitrogen and oxygen atoms in total. The van der Waals surface area contributed by atoms with Crippen LogP contribution in [0.15, 0.2) is 59.5 Å². The molecule has 0 saturated heterocycles. The van der Waals surface area contributed by atoms with Gasteiger partial charge in [-0.3, -0.25) is 14.3 Å². The number of furan rings is 1. The zero-order valence-electron chi connectivity index (χ0n) is 15.8. The van der Waals surface area contributed by atoms with Crippen LogP contribution in [-0.2, 0) is 13.6 Å². The highest BCUT2D eigenvalue weighted by Gasteiger charge is 2.16. The van der Waals surface area contributed by atoms with E-state index in [-0.39, 0.29) is 17.4 Å². The van der Waals surface area contributed by atoms with Crippen molar-refractivity contribution >= 4 is 28.7 Å². The fraction of sp³-hybridized carbons (Fsp3) is 0.200. The van der Waals surface area contributed by atoms with Crippen LogP contribution in [0.2, 0.25) is 0 Å². The van der Waals surface area contributed by atoms with Gasteiger partial charge < -0.3 is 19.6 Å². The molecule has 0 atom stereocenters. The molecule has 0 saturated carbocycles. The standard InChI is InChI=1S/C20H20N6O3/c1-25-18(23-20(28)17-8-4-11-29-17)12-15(24-25)19(27)21-9-5-10-26-13-22-14-6-2-3-7-16(14)26/h2-4,6-8,11-13H,5,9-10H2,1H3,(H,21,27)(H,23,28). The molecule has 3 aromatic heterocycles. The molecule has 1 aromatic carbocycles. The van der Waals surface area contributed by atoms with Crippen molar-refractivity contribution < 1.29 is 14.0 Å². The van der Waals surface area contributed by atoms with Crippen molar-refractivity contribution in [2.45, 2.75) is 13.0 Å². The second-order valence-electron chi connectivity index (χ2n) is 6.51. The zero-order chi connectivity index (χ0) is 20.2. The van der Waals surface area contributed by atoms with Gasteiger partial charge in [0.2, 0.25) is 0 Å². The third-order valence-corrected chi connectivity index (χ3v) is 4.49. The largest absolute Gasteiger partial charge is 0.459 e. The first kappa shape index (κ1) is 18.5. The molecule has 0 fully saturated rings. The summed E-state index contributed by atoms with van der Waals surface area (Å²) in [6.07, 6.45) is 3.98. The van der Waals surface area contributed by atoms with Crippen LogP contribution in [0, 0.1) is 0 Å². The molecule has 29 heavy (non-hydrogen) atoms. The van der Waals surface area contributed by atoms with Gasteiger partial charge in [-0.25, -0.2) is 4.98 Å². The molecule has 2 N–H and O–H groups in total. The lowest BCUT2D eigenvalue weighted by Gasteiger charge is -2.05. The quantitative estimate of drug-likeness (QED) is 0.470. The maximum atomic E-state index is 12.4. The molecule has 0 aliphatic heterocycles. The Morgan fingerprint density at radius 3 is 2.83 bits per heavy atom. The summed E-state index contributed by atoms with van der Waals surface area (Å²) in [4.78, 5) is 28.8. The van der Waals surface area contributed by atoms with Crippen LogP contribution in [-0.4, -0.2) is 37.7 Å². The third kappa shape index (κ3) is 4.03. The van der Waals surface area contributed by atoms with E-state index in [1.807, 2.05) is 24.3 Å². The van der Waals surface area contributed by atoms with Crippen LogP contribution >= 0.6 is 0 Å². The number of benzene rings is 1. The van der Waals surface area contributed by atoms with E-state index in [1.165, 1.54) is 17.0 Å². The molecule has 0 bridgehead atoms. The Balaban J connectivity index is 1.30. The number of anilines is 1. The molecule has 9 heteroatoms. The predicted molar refractivity (Wildman–Crippen MR) is 107 cm³/mol. The first-order chi connectivity index (χ1) is 14.1. The van der Waals surface area contributed by atoms with Gasteiger partial charge >= 0.3 is 0 Å². The summed E-state index contributed by atoms with van der Waals surface area (Å²) in [6, 6.07) is 12.6. The summed E-state index contributed by atoms with van der Waals surface area (Å²) < 4.78 is 8.55. The number of nitrogens with one attached hydrogen (secondary N) is 2. The Bertz CT molecular complexity index is 1140. The number of carbonyl (C=O) groups excluding carboxylic acids is 2. The van der Waals surface area contributed by atoms with Crippen molar-refractivity contribution in [3.8, 4) is 0 Å². The minimum absolute atomic E-state index is 0.184. The molecule has 4 rings (SSSR count). The smallest absolute Gasteiger partial charge is 0.292 e. The van der Waals surface area contributed by atoms with Crippen molar-refractivity contribution in [1.29, 1.82) is 0 Å². The molecular weight excluding hydrogens is 372 g/mol. The van der Waals surface area contributed by atoms with E-state index in [0.717, 1.165) is 24.0 Å². The van der Waals surface area contributed by atoms with Gasteiger partial charge in [-0.05, 0) is 30.7 Å². The number of aryl methyl sites for hydroxylation is 2. The van der Waals surface area contributed by atoms with Gasteiger partial charge in [0.05, 0.1) is 23.6 Å². The number of hydrogen-bond acceptors (Lipinski definition) is 5. The van der Waals surface area contributed by atoms with E-state index in [9.17, 15) is 9.59 Å². The Hall–Kier alpha value is -3.88. The second kappa shape index (κ2) is 8.01.